The third kappa shape index (κ3) is 3.11. The summed E-state index contributed by atoms with van der Waals surface area (Å²) in [6, 6.07) is 2.57. The lowest BCUT2D eigenvalue weighted by molar-refractivity contribution is 0.0957. The van der Waals surface area contributed by atoms with Crippen molar-refractivity contribution in [2.45, 2.75) is 38.8 Å². The van der Waals surface area contributed by atoms with Crippen molar-refractivity contribution in [3.63, 3.8) is 0 Å². The average molecular weight is 318 g/mol. The Kier molecular flexibility index (Phi) is 5.03. The topological polar surface area (TPSA) is 21.3 Å². The van der Waals surface area contributed by atoms with Crippen molar-refractivity contribution in [1.82, 2.24) is 5.32 Å². The first kappa shape index (κ1) is 13.5. The second-order valence-corrected chi connectivity index (χ2v) is 6.40. The molecule has 1 aromatic rings. The van der Waals surface area contributed by atoms with Crippen LogP contribution >= 0.6 is 27.3 Å². The highest BCUT2D eigenvalue weighted by Crippen LogP contribution is 2.39. The lowest BCUT2D eigenvalue weighted by Crippen LogP contribution is -2.32. The molecule has 96 valence electrons. The van der Waals surface area contributed by atoms with Crippen molar-refractivity contribution in [2.75, 3.05) is 13.2 Å². The van der Waals surface area contributed by atoms with Gasteiger partial charge in [-0.1, -0.05) is 6.92 Å². The van der Waals surface area contributed by atoms with E-state index in [2.05, 4.69) is 46.5 Å². The molecule has 1 fully saturated rings. The lowest BCUT2D eigenvalue weighted by Gasteiger charge is -2.26. The minimum Gasteiger partial charge on any atom is -0.378 e. The van der Waals surface area contributed by atoms with E-state index in [0.717, 1.165) is 19.6 Å². The van der Waals surface area contributed by atoms with Gasteiger partial charge in [-0.15, -0.1) is 11.3 Å². The molecule has 3 atom stereocenters. The summed E-state index contributed by atoms with van der Waals surface area (Å²) in [6.07, 6.45) is 2.69. The van der Waals surface area contributed by atoms with Crippen LogP contribution in [-0.4, -0.2) is 19.3 Å². The number of hydrogen-bond donors (Lipinski definition) is 1. The van der Waals surface area contributed by atoms with Crippen LogP contribution in [0.2, 0.25) is 0 Å². The predicted molar refractivity (Wildman–Crippen MR) is 76.6 cm³/mol. The molecule has 0 bridgehead atoms. The average Bonchev–Trinajstić information content (AvgIpc) is 2.90. The summed E-state index contributed by atoms with van der Waals surface area (Å²) in [5.74, 6) is 0.594. The van der Waals surface area contributed by atoms with Gasteiger partial charge in [0.05, 0.1) is 6.10 Å². The summed E-state index contributed by atoms with van der Waals surface area (Å²) >= 11 is 5.49. The zero-order chi connectivity index (χ0) is 12.3. The van der Waals surface area contributed by atoms with E-state index in [1.807, 2.05) is 11.3 Å². The van der Waals surface area contributed by atoms with E-state index in [-0.39, 0.29) is 0 Å². The van der Waals surface area contributed by atoms with Gasteiger partial charge in [0.15, 0.2) is 0 Å². The molecular formula is C13H20BrNOS. The first-order valence-electron chi connectivity index (χ1n) is 6.32. The van der Waals surface area contributed by atoms with E-state index >= 15 is 0 Å². The van der Waals surface area contributed by atoms with Gasteiger partial charge in [-0.25, -0.2) is 0 Å². The molecule has 2 rings (SSSR count). The molecule has 0 spiro atoms. The molecule has 1 N–H and O–H groups in total. The van der Waals surface area contributed by atoms with Gasteiger partial charge in [-0.2, -0.15) is 0 Å². The predicted octanol–water partition coefficient (Wildman–Crippen LogP) is 3.98. The van der Waals surface area contributed by atoms with Crippen LogP contribution in [0.4, 0.5) is 0 Å². The van der Waals surface area contributed by atoms with Gasteiger partial charge in [0.2, 0.25) is 0 Å². The Morgan fingerprint density at radius 2 is 2.47 bits per heavy atom. The normalized spacial score (nSPS) is 26.3. The van der Waals surface area contributed by atoms with E-state index in [4.69, 9.17) is 4.74 Å². The molecule has 17 heavy (non-hydrogen) atoms. The van der Waals surface area contributed by atoms with Crippen molar-refractivity contribution in [3.8, 4) is 0 Å². The summed E-state index contributed by atoms with van der Waals surface area (Å²) in [5.41, 5.74) is 0. The van der Waals surface area contributed by atoms with Gasteiger partial charge in [0.25, 0.3) is 0 Å². The highest BCUT2D eigenvalue weighted by atomic mass is 79.9. The van der Waals surface area contributed by atoms with Gasteiger partial charge in [0.1, 0.15) is 0 Å². The summed E-state index contributed by atoms with van der Waals surface area (Å²) in [5, 5.41) is 5.84. The first-order valence-corrected chi connectivity index (χ1v) is 7.99. The number of nitrogens with one attached hydrogen (secondary N) is 1. The number of rotatable bonds is 5. The third-order valence-corrected chi connectivity index (χ3v) is 5.36. The summed E-state index contributed by atoms with van der Waals surface area (Å²) < 4.78 is 6.95. The van der Waals surface area contributed by atoms with Crippen molar-refractivity contribution in [1.29, 1.82) is 0 Å². The number of halogens is 1. The second-order valence-electron chi connectivity index (χ2n) is 4.59. The SMILES string of the molecule is CCCNC(c1sccc1Br)C1CCOC1C. The molecule has 4 heteroatoms. The fraction of sp³-hybridized carbons (Fsp3) is 0.692. The Balaban J connectivity index is 2.15. The number of thiophene rings is 1. The summed E-state index contributed by atoms with van der Waals surface area (Å²) in [7, 11) is 0. The van der Waals surface area contributed by atoms with Gasteiger partial charge >= 0.3 is 0 Å². The monoisotopic (exact) mass is 317 g/mol. The van der Waals surface area contributed by atoms with Crippen LogP contribution in [0.15, 0.2) is 15.9 Å². The van der Waals surface area contributed by atoms with Gasteiger partial charge < -0.3 is 10.1 Å². The standard InChI is InChI=1S/C13H20BrNOS/c1-3-6-15-12(10-4-7-16-9(10)2)13-11(14)5-8-17-13/h5,8-10,12,15H,3-4,6-7H2,1-2H3. The van der Waals surface area contributed by atoms with Crippen molar-refractivity contribution in [3.05, 3.63) is 20.8 Å². The number of ether oxygens (including phenoxy) is 1. The van der Waals surface area contributed by atoms with Crippen LogP contribution < -0.4 is 5.32 Å². The minimum atomic E-state index is 0.360. The van der Waals surface area contributed by atoms with Crippen LogP contribution in [0.1, 0.15) is 37.6 Å². The molecule has 0 radical (unpaired) electrons. The molecule has 1 aromatic heterocycles. The quantitative estimate of drug-likeness (QED) is 0.887. The number of hydrogen-bond acceptors (Lipinski definition) is 3. The van der Waals surface area contributed by atoms with E-state index in [1.165, 1.54) is 15.8 Å². The highest BCUT2D eigenvalue weighted by Gasteiger charge is 2.33. The summed E-state index contributed by atoms with van der Waals surface area (Å²) in [4.78, 5) is 1.42. The van der Waals surface area contributed by atoms with Crippen molar-refractivity contribution in [2.24, 2.45) is 5.92 Å². The fourth-order valence-corrected chi connectivity index (χ4v) is 4.22. The Morgan fingerprint density at radius 1 is 1.65 bits per heavy atom. The third-order valence-electron chi connectivity index (χ3n) is 3.40. The Morgan fingerprint density at radius 3 is 3.00 bits per heavy atom. The van der Waals surface area contributed by atoms with Crippen LogP contribution in [-0.2, 0) is 4.74 Å². The maximum atomic E-state index is 5.71. The molecule has 2 heterocycles. The Bertz CT molecular complexity index is 355. The van der Waals surface area contributed by atoms with Crippen LogP contribution in [0, 0.1) is 5.92 Å². The Labute approximate surface area is 116 Å². The molecule has 3 unspecified atom stereocenters. The van der Waals surface area contributed by atoms with E-state index in [9.17, 15) is 0 Å². The molecule has 0 amide bonds. The Hall–Kier alpha value is 0.1000. The maximum Gasteiger partial charge on any atom is 0.0594 e. The molecule has 1 aliphatic rings. The zero-order valence-corrected chi connectivity index (χ0v) is 12.8. The smallest absolute Gasteiger partial charge is 0.0594 e. The van der Waals surface area contributed by atoms with Crippen LogP contribution in [0.3, 0.4) is 0 Å². The molecule has 2 nitrogen and oxygen atoms in total. The second kappa shape index (κ2) is 6.32. The van der Waals surface area contributed by atoms with E-state index in [0.29, 0.717) is 18.1 Å². The van der Waals surface area contributed by atoms with Gasteiger partial charge in [0, 0.05) is 27.9 Å². The molecular weight excluding hydrogens is 298 g/mol. The van der Waals surface area contributed by atoms with Crippen LogP contribution in [0.5, 0.6) is 0 Å². The summed E-state index contributed by atoms with van der Waals surface area (Å²) in [6.45, 7) is 6.37. The molecule has 0 saturated carbocycles. The van der Waals surface area contributed by atoms with Gasteiger partial charge in [-0.05, 0) is 53.7 Å². The minimum absolute atomic E-state index is 0.360. The molecule has 0 aromatic carbocycles. The zero-order valence-electron chi connectivity index (χ0n) is 10.4. The largest absolute Gasteiger partial charge is 0.378 e. The van der Waals surface area contributed by atoms with Crippen molar-refractivity contribution >= 4 is 27.3 Å². The molecule has 1 saturated heterocycles. The first-order chi connectivity index (χ1) is 8.24. The van der Waals surface area contributed by atoms with Gasteiger partial charge in [-0.3, -0.25) is 0 Å². The van der Waals surface area contributed by atoms with Crippen LogP contribution in [0.25, 0.3) is 0 Å². The van der Waals surface area contributed by atoms with E-state index < -0.39 is 0 Å². The lowest BCUT2D eigenvalue weighted by atomic mass is 9.92. The fourth-order valence-electron chi connectivity index (χ4n) is 2.45. The van der Waals surface area contributed by atoms with Crippen molar-refractivity contribution < 1.29 is 4.74 Å². The highest BCUT2D eigenvalue weighted by molar-refractivity contribution is 9.10. The maximum absolute atomic E-state index is 5.71. The molecule has 1 aliphatic heterocycles. The molecule has 0 aliphatic carbocycles. The van der Waals surface area contributed by atoms with E-state index in [1.54, 1.807) is 0 Å².